The van der Waals surface area contributed by atoms with Crippen molar-refractivity contribution in [3.05, 3.63) is 29.8 Å². The number of hydrogen-bond acceptors (Lipinski definition) is 2. The first-order valence-corrected chi connectivity index (χ1v) is 6.92. The normalized spacial score (nSPS) is 14.1. The van der Waals surface area contributed by atoms with Crippen LogP contribution in [0.4, 0.5) is 5.69 Å². The minimum Gasteiger partial charge on any atom is -0.325 e. The molecule has 1 amide bonds. The number of carbonyl (C=O) groups is 1. The molecule has 1 aromatic carbocycles. The summed E-state index contributed by atoms with van der Waals surface area (Å²) in [7, 11) is 0. The number of rotatable bonds is 4. The Labute approximate surface area is 128 Å². The Morgan fingerprint density at radius 1 is 1.25 bits per heavy atom. The second-order valence-corrected chi connectivity index (χ2v) is 6.23. The van der Waals surface area contributed by atoms with Gasteiger partial charge in [-0.2, -0.15) is 0 Å². The quantitative estimate of drug-likeness (QED) is 0.890. The van der Waals surface area contributed by atoms with Gasteiger partial charge in [0.05, 0.1) is 6.04 Å². The number of nitrogens with one attached hydrogen (secondary N) is 1. The number of nitrogens with two attached hydrogens (primary N) is 1. The fourth-order valence-electron chi connectivity index (χ4n) is 1.79. The highest BCUT2D eigenvalue weighted by Crippen LogP contribution is 2.23. The molecular weight excluding hydrogens is 272 g/mol. The minimum atomic E-state index is -0.452. The summed E-state index contributed by atoms with van der Waals surface area (Å²) < 4.78 is 0. The molecule has 0 aliphatic rings. The van der Waals surface area contributed by atoms with E-state index in [4.69, 9.17) is 5.73 Å². The molecule has 0 aromatic heterocycles. The molecule has 1 rings (SSSR count). The molecule has 4 heteroatoms. The van der Waals surface area contributed by atoms with E-state index in [-0.39, 0.29) is 29.6 Å². The molecule has 0 saturated heterocycles. The average molecular weight is 299 g/mol. The van der Waals surface area contributed by atoms with Crippen molar-refractivity contribution in [1.29, 1.82) is 0 Å². The van der Waals surface area contributed by atoms with Gasteiger partial charge < -0.3 is 11.1 Å². The zero-order valence-electron chi connectivity index (χ0n) is 13.1. The van der Waals surface area contributed by atoms with Crippen molar-refractivity contribution >= 4 is 24.0 Å². The standard InChI is InChI=1S/C16H26N2O.ClH/c1-6-11(2)14(17)15(19)18-13-9-7-12(8-10-13)16(3,4)5;/h7-11,14H,6,17H2,1-5H3,(H,18,19);1H. The number of benzene rings is 1. The van der Waals surface area contributed by atoms with Crippen LogP contribution in [0.5, 0.6) is 0 Å². The molecule has 0 bridgehead atoms. The van der Waals surface area contributed by atoms with Crippen LogP contribution < -0.4 is 11.1 Å². The van der Waals surface area contributed by atoms with Crippen molar-refractivity contribution in [3.8, 4) is 0 Å². The van der Waals surface area contributed by atoms with Gasteiger partial charge in [0, 0.05) is 5.69 Å². The monoisotopic (exact) mass is 298 g/mol. The molecule has 0 fully saturated rings. The van der Waals surface area contributed by atoms with Crippen LogP contribution in [0.2, 0.25) is 0 Å². The highest BCUT2D eigenvalue weighted by molar-refractivity contribution is 5.94. The zero-order valence-corrected chi connectivity index (χ0v) is 13.9. The van der Waals surface area contributed by atoms with Crippen molar-refractivity contribution in [2.45, 2.75) is 52.5 Å². The number of amides is 1. The van der Waals surface area contributed by atoms with Gasteiger partial charge in [-0.3, -0.25) is 4.79 Å². The van der Waals surface area contributed by atoms with Crippen LogP contribution in [-0.2, 0) is 10.2 Å². The topological polar surface area (TPSA) is 55.1 Å². The highest BCUT2D eigenvalue weighted by atomic mass is 35.5. The Morgan fingerprint density at radius 2 is 1.75 bits per heavy atom. The van der Waals surface area contributed by atoms with E-state index >= 15 is 0 Å². The van der Waals surface area contributed by atoms with Crippen molar-refractivity contribution in [2.24, 2.45) is 11.7 Å². The molecule has 0 aliphatic carbocycles. The molecule has 2 unspecified atom stereocenters. The maximum atomic E-state index is 12.0. The van der Waals surface area contributed by atoms with Crippen LogP contribution in [-0.4, -0.2) is 11.9 Å². The summed E-state index contributed by atoms with van der Waals surface area (Å²) in [6, 6.07) is 7.51. The second kappa shape index (κ2) is 7.65. The van der Waals surface area contributed by atoms with Crippen molar-refractivity contribution in [2.75, 3.05) is 5.32 Å². The van der Waals surface area contributed by atoms with Crippen LogP contribution in [0.25, 0.3) is 0 Å². The number of anilines is 1. The highest BCUT2D eigenvalue weighted by Gasteiger charge is 2.19. The lowest BCUT2D eigenvalue weighted by Crippen LogP contribution is -2.40. The van der Waals surface area contributed by atoms with E-state index in [1.165, 1.54) is 5.56 Å². The molecule has 2 atom stereocenters. The van der Waals surface area contributed by atoms with E-state index < -0.39 is 6.04 Å². The Hall–Kier alpha value is -1.06. The molecule has 3 N–H and O–H groups in total. The van der Waals surface area contributed by atoms with E-state index in [1.54, 1.807) is 0 Å². The van der Waals surface area contributed by atoms with Crippen LogP contribution in [0.3, 0.4) is 0 Å². The third-order valence-electron chi connectivity index (χ3n) is 3.58. The van der Waals surface area contributed by atoms with Crippen molar-refractivity contribution < 1.29 is 4.79 Å². The van der Waals surface area contributed by atoms with E-state index in [0.29, 0.717) is 0 Å². The zero-order chi connectivity index (χ0) is 14.6. The maximum Gasteiger partial charge on any atom is 0.241 e. The predicted octanol–water partition coefficient (Wildman–Crippen LogP) is 3.72. The number of halogens is 1. The summed E-state index contributed by atoms with van der Waals surface area (Å²) in [6.45, 7) is 10.5. The molecule has 0 aliphatic heterocycles. The van der Waals surface area contributed by atoms with Gasteiger partial charge in [0.25, 0.3) is 0 Å². The summed E-state index contributed by atoms with van der Waals surface area (Å²) in [6.07, 6.45) is 0.900. The molecule has 0 radical (unpaired) electrons. The van der Waals surface area contributed by atoms with Gasteiger partial charge >= 0.3 is 0 Å². The molecular formula is C16H27ClN2O. The molecule has 114 valence electrons. The Balaban J connectivity index is 0.00000361. The summed E-state index contributed by atoms with van der Waals surface area (Å²) in [4.78, 5) is 12.0. The van der Waals surface area contributed by atoms with Gasteiger partial charge in [-0.05, 0) is 29.0 Å². The van der Waals surface area contributed by atoms with Crippen LogP contribution in [0.15, 0.2) is 24.3 Å². The second-order valence-electron chi connectivity index (χ2n) is 6.23. The van der Waals surface area contributed by atoms with E-state index in [2.05, 4.69) is 26.1 Å². The SMILES string of the molecule is CCC(C)C(N)C(=O)Nc1ccc(C(C)(C)C)cc1.Cl. The van der Waals surface area contributed by atoms with E-state index in [9.17, 15) is 4.79 Å². The molecule has 20 heavy (non-hydrogen) atoms. The summed E-state index contributed by atoms with van der Waals surface area (Å²) in [5, 5.41) is 2.87. The number of carbonyl (C=O) groups excluding carboxylic acids is 1. The van der Waals surface area contributed by atoms with Gasteiger partial charge in [-0.15, -0.1) is 12.4 Å². The molecule has 0 spiro atoms. The Kier molecular flexibility index (Phi) is 7.25. The van der Waals surface area contributed by atoms with Gasteiger partial charge in [0.2, 0.25) is 5.91 Å². The van der Waals surface area contributed by atoms with Crippen LogP contribution in [0.1, 0.15) is 46.6 Å². The van der Waals surface area contributed by atoms with Crippen molar-refractivity contribution in [1.82, 2.24) is 0 Å². The van der Waals surface area contributed by atoms with Gasteiger partial charge in [0.15, 0.2) is 0 Å². The lowest BCUT2D eigenvalue weighted by atomic mass is 9.87. The van der Waals surface area contributed by atoms with E-state index in [1.807, 2.05) is 38.1 Å². The first-order chi connectivity index (χ1) is 8.75. The largest absolute Gasteiger partial charge is 0.325 e. The van der Waals surface area contributed by atoms with E-state index in [0.717, 1.165) is 12.1 Å². The maximum absolute atomic E-state index is 12.0. The summed E-state index contributed by atoms with van der Waals surface area (Å²) in [5.74, 6) is 0.0757. The lowest BCUT2D eigenvalue weighted by molar-refractivity contribution is -0.118. The van der Waals surface area contributed by atoms with Crippen LogP contribution >= 0.6 is 12.4 Å². The lowest BCUT2D eigenvalue weighted by Gasteiger charge is -2.20. The van der Waals surface area contributed by atoms with Gasteiger partial charge in [0.1, 0.15) is 0 Å². The predicted molar refractivity (Wildman–Crippen MR) is 88.5 cm³/mol. The first kappa shape index (κ1) is 18.9. The Bertz CT molecular complexity index is 423. The third-order valence-corrected chi connectivity index (χ3v) is 3.58. The fraction of sp³-hybridized carbons (Fsp3) is 0.562. The Morgan fingerprint density at radius 3 is 2.15 bits per heavy atom. The fourth-order valence-corrected chi connectivity index (χ4v) is 1.79. The summed E-state index contributed by atoms with van der Waals surface area (Å²) >= 11 is 0. The summed E-state index contributed by atoms with van der Waals surface area (Å²) in [5.41, 5.74) is 8.08. The van der Waals surface area contributed by atoms with Crippen LogP contribution in [0, 0.1) is 5.92 Å². The van der Waals surface area contributed by atoms with Gasteiger partial charge in [-0.25, -0.2) is 0 Å². The average Bonchev–Trinajstić information content (AvgIpc) is 2.36. The minimum absolute atomic E-state index is 0. The van der Waals surface area contributed by atoms with Crippen molar-refractivity contribution in [3.63, 3.8) is 0 Å². The molecule has 0 heterocycles. The third kappa shape index (κ3) is 5.14. The van der Waals surface area contributed by atoms with Gasteiger partial charge in [-0.1, -0.05) is 53.2 Å². The smallest absolute Gasteiger partial charge is 0.241 e. The molecule has 0 saturated carbocycles. The molecule has 1 aromatic rings. The molecule has 3 nitrogen and oxygen atoms in total. The number of hydrogen-bond donors (Lipinski definition) is 2. The first-order valence-electron chi connectivity index (χ1n) is 6.92.